The van der Waals surface area contributed by atoms with Gasteiger partial charge in [0.25, 0.3) is 0 Å². The van der Waals surface area contributed by atoms with Crippen molar-refractivity contribution >= 4 is 17.5 Å². The number of rotatable bonds is 3. The number of carbonyl (C=O) groups excluding carboxylic acids is 1. The van der Waals surface area contributed by atoms with Gasteiger partial charge in [-0.05, 0) is 12.1 Å². The Morgan fingerprint density at radius 3 is 2.77 bits per heavy atom. The second-order valence-corrected chi connectivity index (χ2v) is 3.11. The molecule has 5 heteroatoms. The van der Waals surface area contributed by atoms with E-state index in [1.54, 1.807) is 12.1 Å². The van der Waals surface area contributed by atoms with Gasteiger partial charge in [-0.3, -0.25) is 9.78 Å². The number of carbonyl (C=O) groups is 1. The van der Waals surface area contributed by atoms with E-state index in [2.05, 4.69) is 4.98 Å². The van der Waals surface area contributed by atoms with Gasteiger partial charge in [-0.25, -0.2) is 0 Å². The fraction of sp³-hybridized carbons (Fsp3) is 0.250. The van der Waals surface area contributed by atoms with Crippen LogP contribution in [0, 0.1) is 0 Å². The molecule has 0 saturated carbocycles. The molecule has 4 N–H and O–H groups in total. The summed E-state index contributed by atoms with van der Waals surface area (Å²) in [7, 11) is 0. The molecule has 1 amide bonds. The van der Waals surface area contributed by atoms with E-state index in [4.69, 9.17) is 23.1 Å². The Balaban J connectivity index is 2.71. The highest BCUT2D eigenvalue weighted by molar-refractivity contribution is 6.30. The predicted octanol–water partition coefficient (Wildman–Crippen LogP) is 0.610. The van der Waals surface area contributed by atoms with Crippen molar-refractivity contribution in [1.29, 1.82) is 0 Å². The lowest BCUT2D eigenvalue weighted by atomic mass is 10.1. The van der Waals surface area contributed by atoms with Gasteiger partial charge in [-0.15, -0.1) is 0 Å². The molecule has 0 radical (unpaired) electrons. The Bertz CT molecular complexity index is 299. The van der Waals surface area contributed by atoms with Crippen LogP contribution >= 0.6 is 11.6 Å². The highest BCUT2D eigenvalue weighted by Crippen LogP contribution is 2.13. The van der Waals surface area contributed by atoms with Crippen LogP contribution in [-0.2, 0) is 4.79 Å². The zero-order chi connectivity index (χ0) is 9.84. The molecule has 1 atom stereocenters. The van der Waals surface area contributed by atoms with Gasteiger partial charge in [0.1, 0.15) is 0 Å². The summed E-state index contributed by atoms with van der Waals surface area (Å²) in [6.07, 6.45) is 1.58. The zero-order valence-corrected chi connectivity index (χ0v) is 7.66. The first kappa shape index (κ1) is 9.95. The van der Waals surface area contributed by atoms with Crippen molar-refractivity contribution < 1.29 is 4.79 Å². The van der Waals surface area contributed by atoms with Crippen LogP contribution in [0.3, 0.4) is 0 Å². The summed E-state index contributed by atoms with van der Waals surface area (Å²) in [5.41, 5.74) is 11.2. The summed E-state index contributed by atoms with van der Waals surface area (Å²) in [6, 6.07) is 2.90. The van der Waals surface area contributed by atoms with E-state index >= 15 is 0 Å². The quantitative estimate of drug-likeness (QED) is 0.749. The van der Waals surface area contributed by atoms with Crippen molar-refractivity contribution in [2.45, 2.75) is 12.5 Å². The third kappa shape index (κ3) is 3.01. The topological polar surface area (TPSA) is 82.0 Å². The molecule has 0 unspecified atom stereocenters. The monoisotopic (exact) mass is 199 g/mol. The average Bonchev–Trinajstić information content (AvgIpc) is 2.04. The molecule has 1 aromatic rings. The van der Waals surface area contributed by atoms with Gasteiger partial charge in [0, 0.05) is 12.6 Å². The van der Waals surface area contributed by atoms with Crippen LogP contribution in [0.15, 0.2) is 18.3 Å². The van der Waals surface area contributed by atoms with E-state index in [1.165, 1.54) is 6.20 Å². The number of pyridine rings is 1. The molecule has 0 aromatic carbocycles. The third-order valence-corrected chi connectivity index (χ3v) is 1.77. The van der Waals surface area contributed by atoms with Crippen molar-refractivity contribution in [2.75, 3.05) is 0 Å². The van der Waals surface area contributed by atoms with Crippen molar-refractivity contribution in [2.24, 2.45) is 11.5 Å². The molecular formula is C8H10ClN3O. The summed E-state index contributed by atoms with van der Waals surface area (Å²) >= 11 is 5.63. The Morgan fingerprint density at radius 1 is 1.62 bits per heavy atom. The van der Waals surface area contributed by atoms with E-state index < -0.39 is 11.9 Å². The first-order valence-corrected chi connectivity index (χ1v) is 4.12. The average molecular weight is 200 g/mol. The lowest BCUT2D eigenvalue weighted by Gasteiger charge is -2.07. The Morgan fingerprint density at radius 2 is 2.31 bits per heavy atom. The number of nitrogens with two attached hydrogens (primary N) is 2. The van der Waals surface area contributed by atoms with Crippen LogP contribution in [-0.4, -0.2) is 10.9 Å². The lowest BCUT2D eigenvalue weighted by Crippen LogP contribution is -2.21. The maximum Gasteiger partial charge on any atom is 0.219 e. The first-order chi connectivity index (χ1) is 6.09. The maximum atomic E-state index is 10.5. The lowest BCUT2D eigenvalue weighted by molar-refractivity contribution is -0.118. The predicted molar refractivity (Wildman–Crippen MR) is 50.0 cm³/mol. The molecule has 0 aliphatic heterocycles. The molecule has 4 nitrogen and oxygen atoms in total. The zero-order valence-electron chi connectivity index (χ0n) is 6.90. The Kier molecular flexibility index (Phi) is 3.22. The van der Waals surface area contributed by atoms with E-state index in [9.17, 15) is 4.79 Å². The van der Waals surface area contributed by atoms with Gasteiger partial charge in [-0.2, -0.15) is 0 Å². The van der Waals surface area contributed by atoms with Crippen molar-refractivity contribution in [1.82, 2.24) is 4.98 Å². The van der Waals surface area contributed by atoms with Crippen LogP contribution in [0.25, 0.3) is 0 Å². The summed E-state index contributed by atoms with van der Waals surface area (Å²) < 4.78 is 0. The highest BCUT2D eigenvalue weighted by atomic mass is 35.5. The van der Waals surface area contributed by atoms with E-state index in [0.29, 0.717) is 10.7 Å². The van der Waals surface area contributed by atoms with Crippen LogP contribution in [0.4, 0.5) is 0 Å². The van der Waals surface area contributed by atoms with Crippen LogP contribution in [0.5, 0.6) is 0 Å². The summed E-state index contributed by atoms with van der Waals surface area (Å²) in [6.45, 7) is 0. The van der Waals surface area contributed by atoms with Gasteiger partial charge >= 0.3 is 0 Å². The van der Waals surface area contributed by atoms with E-state index in [1.807, 2.05) is 0 Å². The molecule has 0 saturated heterocycles. The minimum atomic E-state index is -0.449. The van der Waals surface area contributed by atoms with Gasteiger partial charge in [0.15, 0.2) is 0 Å². The minimum absolute atomic E-state index is 0.0919. The van der Waals surface area contributed by atoms with E-state index in [0.717, 1.165) is 0 Å². The summed E-state index contributed by atoms with van der Waals surface area (Å²) in [5.74, 6) is -0.441. The second-order valence-electron chi connectivity index (χ2n) is 2.68. The Hall–Kier alpha value is -1.13. The van der Waals surface area contributed by atoms with Crippen LogP contribution in [0.2, 0.25) is 5.02 Å². The molecule has 70 valence electrons. The maximum absolute atomic E-state index is 10.5. The van der Waals surface area contributed by atoms with Gasteiger partial charge in [0.05, 0.1) is 16.8 Å². The number of halogens is 1. The number of primary amides is 1. The largest absolute Gasteiger partial charge is 0.370 e. The molecule has 13 heavy (non-hydrogen) atoms. The number of hydrogen-bond acceptors (Lipinski definition) is 3. The van der Waals surface area contributed by atoms with Crippen LogP contribution in [0.1, 0.15) is 18.2 Å². The fourth-order valence-electron chi connectivity index (χ4n) is 0.928. The molecule has 1 rings (SSSR count). The number of aromatic nitrogens is 1. The van der Waals surface area contributed by atoms with Crippen molar-refractivity contribution in [3.8, 4) is 0 Å². The molecule has 0 bridgehead atoms. The molecular weight excluding hydrogens is 190 g/mol. The van der Waals surface area contributed by atoms with Gasteiger partial charge in [0.2, 0.25) is 5.91 Å². The minimum Gasteiger partial charge on any atom is -0.370 e. The summed E-state index contributed by atoms with van der Waals surface area (Å²) in [5, 5.41) is 0.537. The molecule has 0 aliphatic carbocycles. The van der Waals surface area contributed by atoms with Gasteiger partial charge in [-0.1, -0.05) is 11.6 Å². The number of nitrogens with zero attached hydrogens (tertiary/aromatic N) is 1. The number of amides is 1. The molecule has 0 fully saturated rings. The highest BCUT2D eigenvalue weighted by Gasteiger charge is 2.09. The SMILES string of the molecule is NC(=O)C[C@@H](N)c1ccc(Cl)cn1. The molecule has 0 aliphatic rings. The van der Waals surface area contributed by atoms with Crippen LogP contribution < -0.4 is 11.5 Å². The van der Waals surface area contributed by atoms with Crippen molar-refractivity contribution in [3.63, 3.8) is 0 Å². The summed E-state index contributed by atoms with van der Waals surface area (Å²) in [4.78, 5) is 14.5. The molecule has 0 spiro atoms. The van der Waals surface area contributed by atoms with Crippen molar-refractivity contribution in [3.05, 3.63) is 29.0 Å². The third-order valence-electron chi connectivity index (χ3n) is 1.55. The molecule has 1 heterocycles. The Labute approximate surface area is 80.9 Å². The fourth-order valence-corrected chi connectivity index (χ4v) is 1.04. The van der Waals surface area contributed by atoms with Gasteiger partial charge < -0.3 is 11.5 Å². The standard InChI is InChI=1S/C8H10ClN3O/c9-5-1-2-7(12-4-5)6(10)3-8(11)13/h1-2,4,6H,3,10H2,(H2,11,13)/t6-/m1/s1. The normalized spacial score (nSPS) is 12.5. The molecule has 1 aromatic heterocycles. The number of hydrogen-bond donors (Lipinski definition) is 2. The smallest absolute Gasteiger partial charge is 0.219 e. The first-order valence-electron chi connectivity index (χ1n) is 3.75. The second kappa shape index (κ2) is 4.20. The van der Waals surface area contributed by atoms with E-state index in [-0.39, 0.29) is 6.42 Å².